The molecule has 118 valence electrons. The number of halogens is 3. The first-order valence-electron chi connectivity index (χ1n) is 6.96. The van der Waals surface area contributed by atoms with E-state index >= 15 is 0 Å². The van der Waals surface area contributed by atoms with Crippen molar-refractivity contribution in [3.63, 3.8) is 0 Å². The Bertz CT molecular complexity index is 476. The van der Waals surface area contributed by atoms with Gasteiger partial charge in [0.15, 0.2) is 0 Å². The lowest BCUT2D eigenvalue weighted by Gasteiger charge is -2.21. The lowest BCUT2D eigenvalue weighted by atomic mass is 10.1. The van der Waals surface area contributed by atoms with Crippen molar-refractivity contribution in [1.29, 1.82) is 0 Å². The number of hydrogen-bond donors (Lipinski definition) is 0. The van der Waals surface area contributed by atoms with Crippen LogP contribution in [0.3, 0.4) is 0 Å². The zero-order valence-corrected chi connectivity index (χ0v) is 14.5. The molecule has 0 bridgehead atoms. The number of nitrogens with zero attached hydrogens (tertiary/aromatic N) is 2. The van der Waals surface area contributed by atoms with Crippen molar-refractivity contribution >= 4 is 41.5 Å². The average Bonchev–Trinajstić information content (AvgIpc) is 2.93. The lowest BCUT2D eigenvalue weighted by molar-refractivity contribution is -0.129. The van der Waals surface area contributed by atoms with Gasteiger partial charge in [-0.2, -0.15) is 0 Å². The summed E-state index contributed by atoms with van der Waals surface area (Å²) >= 11 is 11.8. The Balaban J connectivity index is 0.00000220. The molecule has 21 heavy (non-hydrogen) atoms. The Kier molecular flexibility index (Phi) is 7.82. The van der Waals surface area contributed by atoms with E-state index in [1.54, 1.807) is 17.0 Å². The number of hydrogen-bond acceptors (Lipinski definition) is 2. The summed E-state index contributed by atoms with van der Waals surface area (Å²) in [6, 6.07) is 5.34. The molecule has 0 spiro atoms. The second-order valence-electron chi connectivity index (χ2n) is 5.29. The van der Waals surface area contributed by atoms with Gasteiger partial charge in [-0.1, -0.05) is 29.3 Å². The molecule has 1 aromatic carbocycles. The predicted octanol–water partition coefficient (Wildman–Crippen LogP) is 3.51. The van der Waals surface area contributed by atoms with E-state index in [2.05, 4.69) is 4.90 Å². The van der Waals surface area contributed by atoms with E-state index in [1.807, 2.05) is 13.1 Å². The SMILES string of the molecule is CN(CCN1CCCC1)C(=O)Cc1ccc(Cl)c(Cl)c1.Cl. The van der Waals surface area contributed by atoms with Crippen LogP contribution in [0.15, 0.2) is 18.2 Å². The summed E-state index contributed by atoms with van der Waals surface area (Å²) in [6.45, 7) is 4.06. The molecule has 1 aliphatic heterocycles. The van der Waals surface area contributed by atoms with Crippen molar-refractivity contribution < 1.29 is 4.79 Å². The van der Waals surface area contributed by atoms with Gasteiger partial charge in [0.25, 0.3) is 0 Å². The molecule has 1 aromatic rings. The van der Waals surface area contributed by atoms with Crippen LogP contribution in [0.2, 0.25) is 10.0 Å². The summed E-state index contributed by atoms with van der Waals surface area (Å²) in [5.41, 5.74) is 0.900. The molecular formula is C15H21Cl3N2O. The fourth-order valence-electron chi connectivity index (χ4n) is 2.38. The number of carbonyl (C=O) groups excluding carboxylic acids is 1. The number of likely N-dealkylation sites (tertiary alicyclic amines) is 1. The van der Waals surface area contributed by atoms with Gasteiger partial charge in [0.05, 0.1) is 16.5 Å². The largest absolute Gasteiger partial charge is 0.344 e. The van der Waals surface area contributed by atoms with Crippen molar-refractivity contribution in [1.82, 2.24) is 9.80 Å². The Morgan fingerprint density at radius 1 is 1.24 bits per heavy atom. The maximum atomic E-state index is 12.1. The predicted molar refractivity (Wildman–Crippen MR) is 90.7 cm³/mol. The zero-order chi connectivity index (χ0) is 14.5. The molecule has 1 saturated heterocycles. The van der Waals surface area contributed by atoms with Gasteiger partial charge in [0, 0.05) is 20.1 Å². The summed E-state index contributed by atoms with van der Waals surface area (Å²) in [4.78, 5) is 16.3. The van der Waals surface area contributed by atoms with Gasteiger partial charge in [0.2, 0.25) is 5.91 Å². The first kappa shape index (κ1) is 18.6. The third-order valence-electron chi connectivity index (χ3n) is 3.72. The molecule has 0 aromatic heterocycles. The van der Waals surface area contributed by atoms with E-state index in [0.717, 1.165) is 31.7 Å². The third kappa shape index (κ3) is 5.67. The summed E-state index contributed by atoms with van der Waals surface area (Å²) in [6.07, 6.45) is 2.93. The number of likely N-dealkylation sites (N-methyl/N-ethyl adjacent to an activating group) is 1. The van der Waals surface area contributed by atoms with Crippen molar-refractivity contribution in [2.24, 2.45) is 0 Å². The highest BCUT2D eigenvalue weighted by molar-refractivity contribution is 6.42. The minimum Gasteiger partial charge on any atom is -0.344 e. The average molecular weight is 352 g/mol. The van der Waals surface area contributed by atoms with Crippen molar-refractivity contribution in [3.8, 4) is 0 Å². The highest BCUT2D eigenvalue weighted by Gasteiger charge is 2.14. The number of amides is 1. The molecule has 0 unspecified atom stereocenters. The fraction of sp³-hybridized carbons (Fsp3) is 0.533. The second kappa shape index (κ2) is 8.84. The minimum absolute atomic E-state index is 0. The van der Waals surface area contributed by atoms with E-state index < -0.39 is 0 Å². The maximum Gasteiger partial charge on any atom is 0.226 e. The van der Waals surface area contributed by atoms with Gasteiger partial charge in [0.1, 0.15) is 0 Å². The second-order valence-corrected chi connectivity index (χ2v) is 6.10. The van der Waals surface area contributed by atoms with E-state index in [9.17, 15) is 4.79 Å². The molecule has 0 N–H and O–H groups in total. The van der Waals surface area contributed by atoms with Gasteiger partial charge in [-0.25, -0.2) is 0 Å². The monoisotopic (exact) mass is 350 g/mol. The van der Waals surface area contributed by atoms with Gasteiger partial charge < -0.3 is 9.80 Å². The van der Waals surface area contributed by atoms with Crippen molar-refractivity contribution in [3.05, 3.63) is 33.8 Å². The van der Waals surface area contributed by atoms with Crippen LogP contribution >= 0.6 is 35.6 Å². The fourth-order valence-corrected chi connectivity index (χ4v) is 2.70. The number of rotatable bonds is 5. The van der Waals surface area contributed by atoms with Crippen LogP contribution < -0.4 is 0 Å². The molecule has 0 aliphatic carbocycles. The quantitative estimate of drug-likeness (QED) is 0.810. The first-order chi connectivity index (χ1) is 9.56. The van der Waals surface area contributed by atoms with Crippen molar-refractivity contribution in [2.45, 2.75) is 19.3 Å². The van der Waals surface area contributed by atoms with Gasteiger partial charge >= 0.3 is 0 Å². The normalized spacial score (nSPS) is 14.8. The van der Waals surface area contributed by atoms with E-state index in [4.69, 9.17) is 23.2 Å². The molecule has 0 radical (unpaired) electrons. The molecule has 2 rings (SSSR count). The van der Waals surface area contributed by atoms with Gasteiger partial charge in [-0.05, 0) is 43.6 Å². The zero-order valence-electron chi connectivity index (χ0n) is 12.1. The van der Waals surface area contributed by atoms with Crippen LogP contribution in [-0.4, -0.2) is 48.9 Å². The van der Waals surface area contributed by atoms with Crippen LogP contribution in [-0.2, 0) is 11.2 Å². The standard InChI is InChI=1S/C15H20Cl2N2O.ClH/c1-18(8-9-19-6-2-3-7-19)15(20)11-12-4-5-13(16)14(17)10-12;/h4-5,10H,2-3,6-9,11H2,1H3;1H. The maximum absolute atomic E-state index is 12.1. The molecule has 6 heteroatoms. The molecule has 0 saturated carbocycles. The van der Waals surface area contributed by atoms with Gasteiger partial charge in [-0.15, -0.1) is 12.4 Å². The summed E-state index contributed by atoms with van der Waals surface area (Å²) in [7, 11) is 1.86. The number of benzene rings is 1. The molecule has 1 amide bonds. The third-order valence-corrected chi connectivity index (χ3v) is 4.45. The molecule has 0 atom stereocenters. The highest BCUT2D eigenvalue weighted by Crippen LogP contribution is 2.22. The molecule has 1 aliphatic rings. The minimum atomic E-state index is 0. The summed E-state index contributed by atoms with van der Waals surface area (Å²) < 4.78 is 0. The lowest BCUT2D eigenvalue weighted by Crippen LogP contribution is -2.35. The van der Waals surface area contributed by atoms with Crippen LogP contribution in [0, 0.1) is 0 Å². The van der Waals surface area contributed by atoms with Crippen LogP contribution in [0.1, 0.15) is 18.4 Å². The number of carbonyl (C=O) groups is 1. The van der Waals surface area contributed by atoms with E-state index in [0.29, 0.717) is 16.5 Å². The Hall–Kier alpha value is -0.480. The van der Waals surface area contributed by atoms with Gasteiger partial charge in [-0.3, -0.25) is 4.79 Å². The Morgan fingerprint density at radius 2 is 1.90 bits per heavy atom. The molecule has 1 fully saturated rings. The van der Waals surface area contributed by atoms with Crippen LogP contribution in [0.4, 0.5) is 0 Å². The topological polar surface area (TPSA) is 23.6 Å². The van der Waals surface area contributed by atoms with Crippen LogP contribution in [0.5, 0.6) is 0 Å². The highest BCUT2D eigenvalue weighted by atomic mass is 35.5. The molecular weight excluding hydrogens is 331 g/mol. The molecule has 1 heterocycles. The first-order valence-corrected chi connectivity index (χ1v) is 7.72. The summed E-state index contributed by atoms with van der Waals surface area (Å²) in [5.74, 6) is 0.114. The smallest absolute Gasteiger partial charge is 0.226 e. The Morgan fingerprint density at radius 3 is 2.52 bits per heavy atom. The Labute approximate surface area is 142 Å². The van der Waals surface area contributed by atoms with E-state index in [1.165, 1.54) is 12.8 Å². The van der Waals surface area contributed by atoms with Crippen molar-refractivity contribution in [2.75, 3.05) is 33.2 Å². The van der Waals surface area contributed by atoms with E-state index in [-0.39, 0.29) is 18.3 Å². The summed E-state index contributed by atoms with van der Waals surface area (Å²) in [5, 5.41) is 1.02. The van der Waals surface area contributed by atoms with Crippen LogP contribution in [0.25, 0.3) is 0 Å². The molecule has 3 nitrogen and oxygen atoms in total.